The summed E-state index contributed by atoms with van der Waals surface area (Å²) in [4.78, 5) is 14.3. The first kappa shape index (κ1) is 14.2. The van der Waals surface area contributed by atoms with Crippen molar-refractivity contribution in [1.29, 1.82) is 0 Å². The minimum absolute atomic E-state index is 0.0272. The lowest BCUT2D eigenvalue weighted by atomic mass is 10.0. The van der Waals surface area contributed by atoms with Gasteiger partial charge in [-0.3, -0.25) is 4.79 Å². The van der Waals surface area contributed by atoms with Crippen molar-refractivity contribution in [3.05, 3.63) is 23.8 Å². The van der Waals surface area contributed by atoms with Crippen LogP contribution >= 0.6 is 0 Å². The van der Waals surface area contributed by atoms with E-state index in [4.69, 9.17) is 9.47 Å². The summed E-state index contributed by atoms with van der Waals surface area (Å²) in [5.41, 5.74) is 0.651. The fourth-order valence-corrected chi connectivity index (χ4v) is 2.89. The van der Waals surface area contributed by atoms with Gasteiger partial charge in [0.15, 0.2) is 11.5 Å². The van der Waals surface area contributed by atoms with E-state index in [2.05, 4.69) is 5.32 Å². The molecule has 0 radical (unpaired) electrons. The lowest BCUT2D eigenvalue weighted by Gasteiger charge is -2.28. The van der Waals surface area contributed by atoms with E-state index in [-0.39, 0.29) is 5.91 Å². The molecule has 1 aromatic carbocycles. The molecule has 5 heteroatoms. The molecule has 2 aliphatic heterocycles. The Labute approximate surface area is 125 Å². The van der Waals surface area contributed by atoms with E-state index in [0.717, 1.165) is 25.3 Å². The molecule has 114 valence electrons. The SMILES string of the molecule is CN(C[C@H]1CCCCN1)C(=O)c1ccc2c(c1)OCCO2. The highest BCUT2D eigenvalue weighted by molar-refractivity contribution is 5.94. The predicted molar refractivity (Wildman–Crippen MR) is 80.0 cm³/mol. The van der Waals surface area contributed by atoms with Crippen molar-refractivity contribution in [2.75, 3.05) is 33.4 Å². The number of fused-ring (bicyclic) bond motifs is 1. The molecule has 1 aromatic rings. The van der Waals surface area contributed by atoms with Gasteiger partial charge in [-0.1, -0.05) is 6.42 Å². The number of nitrogens with one attached hydrogen (secondary N) is 1. The van der Waals surface area contributed by atoms with Crippen molar-refractivity contribution in [3.63, 3.8) is 0 Å². The Morgan fingerprint density at radius 3 is 2.86 bits per heavy atom. The molecular weight excluding hydrogens is 268 g/mol. The zero-order valence-electron chi connectivity index (χ0n) is 12.4. The quantitative estimate of drug-likeness (QED) is 0.920. The van der Waals surface area contributed by atoms with Gasteiger partial charge >= 0.3 is 0 Å². The minimum Gasteiger partial charge on any atom is -0.486 e. The van der Waals surface area contributed by atoms with Gasteiger partial charge < -0.3 is 19.7 Å². The van der Waals surface area contributed by atoms with E-state index in [9.17, 15) is 4.79 Å². The zero-order valence-corrected chi connectivity index (χ0v) is 12.4. The molecule has 2 aliphatic rings. The fourth-order valence-electron chi connectivity index (χ4n) is 2.89. The maximum Gasteiger partial charge on any atom is 0.253 e. The zero-order chi connectivity index (χ0) is 14.7. The fraction of sp³-hybridized carbons (Fsp3) is 0.562. The summed E-state index contributed by atoms with van der Waals surface area (Å²) in [7, 11) is 1.86. The molecule has 0 unspecified atom stereocenters. The third-order valence-electron chi connectivity index (χ3n) is 4.04. The molecule has 1 saturated heterocycles. The first-order valence-electron chi connectivity index (χ1n) is 7.62. The van der Waals surface area contributed by atoms with Gasteiger partial charge in [-0.15, -0.1) is 0 Å². The van der Waals surface area contributed by atoms with Crippen LogP contribution in [0.2, 0.25) is 0 Å². The smallest absolute Gasteiger partial charge is 0.253 e. The van der Waals surface area contributed by atoms with Crippen LogP contribution in [0.1, 0.15) is 29.6 Å². The normalized spacial score (nSPS) is 20.9. The van der Waals surface area contributed by atoms with Crippen molar-refractivity contribution in [1.82, 2.24) is 10.2 Å². The van der Waals surface area contributed by atoms with Crippen LogP contribution in [0.4, 0.5) is 0 Å². The molecule has 3 rings (SSSR count). The van der Waals surface area contributed by atoms with Gasteiger partial charge in [-0.05, 0) is 37.6 Å². The molecule has 1 amide bonds. The Balaban J connectivity index is 1.66. The Morgan fingerprint density at radius 2 is 2.10 bits per heavy atom. The van der Waals surface area contributed by atoms with Gasteiger partial charge in [0.2, 0.25) is 0 Å². The minimum atomic E-state index is 0.0272. The molecule has 1 fully saturated rings. The second kappa shape index (κ2) is 6.35. The number of hydrogen-bond donors (Lipinski definition) is 1. The standard InChI is InChI=1S/C16H22N2O3/c1-18(11-13-4-2-3-7-17-13)16(19)12-5-6-14-15(10-12)21-9-8-20-14/h5-6,10,13,17H,2-4,7-9,11H2,1H3/t13-/m1/s1. The molecule has 0 saturated carbocycles. The van der Waals surface area contributed by atoms with Crippen LogP contribution in [0, 0.1) is 0 Å². The maximum atomic E-state index is 12.5. The molecule has 0 aliphatic carbocycles. The highest BCUT2D eigenvalue weighted by atomic mass is 16.6. The van der Waals surface area contributed by atoms with Crippen LogP contribution in [0.15, 0.2) is 18.2 Å². The first-order valence-corrected chi connectivity index (χ1v) is 7.62. The first-order chi connectivity index (χ1) is 10.2. The Kier molecular flexibility index (Phi) is 4.29. The number of carbonyl (C=O) groups excluding carboxylic acids is 1. The number of carbonyl (C=O) groups is 1. The Morgan fingerprint density at radius 1 is 1.29 bits per heavy atom. The molecule has 5 nitrogen and oxygen atoms in total. The second-order valence-electron chi connectivity index (χ2n) is 5.69. The number of benzene rings is 1. The summed E-state index contributed by atoms with van der Waals surface area (Å²) in [6, 6.07) is 5.81. The van der Waals surface area contributed by atoms with Crippen molar-refractivity contribution in [2.45, 2.75) is 25.3 Å². The highest BCUT2D eigenvalue weighted by Crippen LogP contribution is 2.31. The number of nitrogens with zero attached hydrogens (tertiary/aromatic N) is 1. The molecule has 0 spiro atoms. The van der Waals surface area contributed by atoms with E-state index >= 15 is 0 Å². The number of hydrogen-bond acceptors (Lipinski definition) is 4. The van der Waals surface area contributed by atoms with Crippen molar-refractivity contribution < 1.29 is 14.3 Å². The molecule has 2 heterocycles. The number of ether oxygens (including phenoxy) is 2. The van der Waals surface area contributed by atoms with Crippen LogP contribution in [-0.4, -0.2) is 50.2 Å². The number of rotatable bonds is 3. The summed E-state index contributed by atoms with van der Waals surface area (Å²) < 4.78 is 11.0. The van der Waals surface area contributed by atoms with E-state index in [1.54, 1.807) is 17.0 Å². The summed E-state index contributed by atoms with van der Waals surface area (Å²) >= 11 is 0. The molecular formula is C16H22N2O3. The topological polar surface area (TPSA) is 50.8 Å². The van der Waals surface area contributed by atoms with Gasteiger partial charge in [-0.25, -0.2) is 0 Å². The van der Waals surface area contributed by atoms with E-state index < -0.39 is 0 Å². The Hall–Kier alpha value is -1.75. The third kappa shape index (κ3) is 3.29. The predicted octanol–water partition coefficient (Wildman–Crippen LogP) is 1.67. The Bertz CT molecular complexity index is 512. The van der Waals surface area contributed by atoms with Gasteiger partial charge in [0, 0.05) is 25.2 Å². The van der Waals surface area contributed by atoms with Gasteiger partial charge in [0.1, 0.15) is 13.2 Å². The van der Waals surface area contributed by atoms with Crippen LogP contribution < -0.4 is 14.8 Å². The number of amides is 1. The van der Waals surface area contributed by atoms with Crippen LogP contribution in [0.25, 0.3) is 0 Å². The van der Waals surface area contributed by atoms with Crippen molar-refractivity contribution in [3.8, 4) is 11.5 Å². The van der Waals surface area contributed by atoms with Crippen molar-refractivity contribution in [2.24, 2.45) is 0 Å². The molecule has 1 N–H and O–H groups in total. The summed E-state index contributed by atoms with van der Waals surface area (Å²) in [6.45, 7) is 2.89. The second-order valence-corrected chi connectivity index (χ2v) is 5.69. The lowest BCUT2D eigenvalue weighted by Crippen LogP contribution is -2.44. The van der Waals surface area contributed by atoms with E-state index in [0.29, 0.717) is 30.6 Å². The van der Waals surface area contributed by atoms with Crippen molar-refractivity contribution >= 4 is 5.91 Å². The molecule has 1 atom stereocenters. The lowest BCUT2D eigenvalue weighted by molar-refractivity contribution is 0.0774. The van der Waals surface area contributed by atoms with Gasteiger partial charge in [0.05, 0.1) is 0 Å². The monoisotopic (exact) mass is 290 g/mol. The van der Waals surface area contributed by atoms with Crippen LogP contribution in [-0.2, 0) is 0 Å². The van der Waals surface area contributed by atoms with E-state index in [1.807, 2.05) is 13.1 Å². The summed E-state index contributed by atoms with van der Waals surface area (Å²) in [5.74, 6) is 1.41. The van der Waals surface area contributed by atoms with Crippen LogP contribution in [0.5, 0.6) is 11.5 Å². The average molecular weight is 290 g/mol. The van der Waals surface area contributed by atoms with Crippen LogP contribution in [0.3, 0.4) is 0 Å². The van der Waals surface area contributed by atoms with Gasteiger partial charge in [0.25, 0.3) is 5.91 Å². The van der Waals surface area contributed by atoms with Gasteiger partial charge in [-0.2, -0.15) is 0 Å². The van der Waals surface area contributed by atoms with E-state index in [1.165, 1.54) is 12.8 Å². The molecule has 0 aromatic heterocycles. The third-order valence-corrected chi connectivity index (χ3v) is 4.04. The summed E-state index contributed by atoms with van der Waals surface area (Å²) in [6.07, 6.45) is 3.61. The highest BCUT2D eigenvalue weighted by Gasteiger charge is 2.20. The number of piperidine rings is 1. The maximum absolute atomic E-state index is 12.5. The molecule has 21 heavy (non-hydrogen) atoms. The molecule has 0 bridgehead atoms. The summed E-state index contributed by atoms with van der Waals surface area (Å²) in [5, 5.41) is 3.47. The average Bonchev–Trinajstić information content (AvgIpc) is 2.54. The number of likely N-dealkylation sites (N-methyl/N-ethyl adjacent to an activating group) is 1. The largest absolute Gasteiger partial charge is 0.486 e.